The van der Waals surface area contributed by atoms with Gasteiger partial charge < -0.3 is 14.8 Å². The molecule has 1 aromatic carbocycles. The zero-order valence-electron chi connectivity index (χ0n) is 12.0. The fourth-order valence-electron chi connectivity index (χ4n) is 2.30. The Kier molecular flexibility index (Phi) is 4.89. The van der Waals surface area contributed by atoms with Gasteiger partial charge in [0.1, 0.15) is 17.3 Å². The number of rotatable bonds is 5. The summed E-state index contributed by atoms with van der Waals surface area (Å²) in [5, 5.41) is 13.5. The predicted molar refractivity (Wildman–Crippen MR) is 83.8 cm³/mol. The number of furan rings is 1. The highest BCUT2D eigenvalue weighted by atomic mass is 79.9. The number of aromatic hydroxyl groups is 1. The van der Waals surface area contributed by atoms with Gasteiger partial charge in [-0.2, -0.15) is 0 Å². The lowest BCUT2D eigenvalue weighted by Gasteiger charge is -2.22. The number of phenolic OH excluding ortho intramolecular Hbond substituents is 1. The van der Waals surface area contributed by atoms with Gasteiger partial charge in [-0.25, -0.2) is 0 Å². The summed E-state index contributed by atoms with van der Waals surface area (Å²) in [5.74, 6) is 2.14. The molecule has 0 saturated heterocycles. The summed E-state index contributed by atoms with van der Waals surface area (Å²) in [6.07, 6.45) is 0.883. The molecule has 4 heteroatoms. The maximum absolute atomic E-state index is 10.0. The third-order valence-electron chi connectivity index (χ3n) is 3.41. The maximum Gasteiger partial charge on any atom is 0.120 e. The van der Waals surface area contributed by atoms with Crippen LogP contribution in [0.2, 0.25) is 0 Å². The average Bonchev–Trinajstić information content (AvgIpc) is 2.85. The Hall–Kier alpha value is -1.26. The lowest BCUT2D eigenvalue weighted by atomic mass is 10.0. The number of hydrogen-bond donors (Lipinski definition) is 2. The molecule has 0 saturated carbocycles. The van der Waals surface area contributed by atoms with E-state index >= 15 is 0 Å². The minimum Gasteiger partial charge on any atom is -0.508 e. The lowest BCUT2D eigenvalue weighted by molar-refractivity contribution is 0.370. The molecule has 2 unspecified atom stereocenters. The minimum atomic E-state index is 0.0768. The van der Waals surface area contributed by atoms with Crippen molar-refractivity contribution < 1.29 is 9.52 Å². The molecule has 0 aliphatic carbocycles. The van der Waals surface area contributed by atoms with E-state index in [4.69, 9.17) is 4.42 Å². The molecule has 3 nitrogen and oxygen atoms in total. The van der Waals surface area contributed by atoms with Crippen LogP contribution in [0.1, 0.15) is 49.4 Å². The van der Waals surface area contributed by atoms with Crippen LogP contribution in [-0.2, 0) is 0 Å². The van der Waals surface area contributed by atoms with Gasteiger partial charge in [-0.3, -0.25) is 0 Å². The van der Waals surface area contributed by atoms with Gasteiger partial charge in [-0.15, -0.1) is 0 Å². The largest absolute Gasteiger partial charge is 0.508 e. The highest BCUT2D eigenvalue weighted by molar-refractivity contribution is 9.10. The fraction of sp³-hybridized carbons (Fsp3) is 0.375. The number of halogens is 1. The van der Waals surface area contributed by atoms with Gasteiger partial charge in [-0.1, -0.05) is 22.9 Å². The third-order valence-corrected chi connectivity index (χ3v) is 3.91. The van der Waals surface area contributed by atoms with Crippen LogP contribution in [0.15, 0.2) is 39.2 Å². The van der Waals surface area contributed by atoms with Gasteiger partial charge >= 0.3 is 0 Å². The second-order valence-electron chi connectivity index (χ2n) is 5.00. The molecule has 0 fully saturated rings. The Morgan fingerprint density at radius 3 is 2.65 bits per heavy atom. The zero-order valence-corrected chi connectivity index (χ0v) is 13.6. The molecule has 1 aromatic heterocycles. The van der Waals surface area contributed by atoms with Crippen LogP contribution in [0.25, 0.3) is 0 Å². The molecule has 20 heavy (non-hydrogen) atoms. The van der Waals surface area contributed by atoms with Gasteiger partial charge in [0.25, 0.3) is 0 Å². The van der Waals surface area contributed by atoms with E-state index in [2.05, 4.69) is 35.1 Å². The lowest BCUT2D eigenvalue weighted by Crippen LogP contribution is -2.24. The van der Waals surface area contributed by atoms with Crippen molar-refractivity contribution in [1.82, 2.24) is 5.32 Å². The predicted octanol–water partition coefficient (Wildman–Crippen LogP) is 4.86. The Balaban J connectivity index is 2.18. The van der Waals surface area contributed by atoms with Gasteiger partial charge in [-0.05, 0) is 50.6 Å². The topological polar surface area (TPSA) is 45.4 Å². The van der Waals surface area contributed by atoms with E-state index < -0.39 is 0 Å². The Bertz CT molecular complexity index is 580. The third kappa shape index (κ3) is 3.44. The molecule has 2 rings (SSSR count). The summed E-state index contributed by atoms with van der Waals surface area (Å²) in [4.78, 5) is 0. The highest BCUT2D eigenvalue weighted by Gasteiger charge is 2.18. The highest BCUT2D eigenvalue weighted by Crippen LogP contribution is 2.31. The molecule has 0 aliphatic heterocycles. The second kappa shape index (κ2) is 6.46. The van der Waals surface area contributed by atoms with Crippen LogP contribution < -0.4 is 5.32 Å². The number of hydrogen-bond acceptors (Lipinski definition) is 3. The second-order valence-corrected chi connectivity index (χ2v) is 5.92. The van der Waals surface area contributed by atoms with Crippen molar-refractivity contribution in [3.05, 3.63) is 51.9 Å². The minimum absolute atomic E-state index is 0.0768. The van der Waals surface area contributed by atoms with Gasteiger partial charge in [0.2, 0.25) is 0 Å². The molecule has 0 spiro atoms. The van der Waals surface area contributed by atoms with Crippen molar-refractivity contribution in [3.8, 4) is 5.75 Å². The Morgan fingerprint density at radius 2 is 2.05 bits per heavy atom. The Labute approximate surface area is 128 Å². The first kappa shape index (κ1) is 15.1. The zero-order chi connectivity index (χ0) is 14.7. The van der Waals surface area contributed by atoms with Crippen molar-refractivity contribution in [2.75, 3.05) is 0 Å². The summed E-state index contributed by atoms with van der Waals surface area (Å²) in [7, 11) is 0. The van der Waals surface area contributed by atoms with Crippen LogP contribution in [-0.4, -0.2) is 5.11 Å². The average molecular weight is 338 g/mol. The van der Waals surface area contributed by atoms with Crippen LogP contribution in [0.4, 0.5) is 0 Å². The maximum atomic E-state index is 10.0. The van der Waals surface area contributed by atoms with Crippen molar-refractivity contribution in [2.45, 2.75) is 39.3 Å². The molecule has 0 bridgehead atoms. The van der Waals surface area contributed by atoms with Crippen molar-refractivity contribution in [1.29, 1.82) is 0 Å². The van der Waals surface area contributed by atoms with E-state index in [1.807, 2.05) is 31.2 Å². The molecule has 1 heterocycles. The number of benzene rings is 1. The quantitative estimate of drug-likeness (QED) is 0.818. The van der Waals surface area contributed by atoms with Crippen LogP contribution in [0, 0.1) is 6.92 Å². The Morgan fingerprint density at radius 1 is 1.30 bits per heavy atom. The van der Waals surface area contributed by atoms with E-state index in [0.717, 1.165) is 28.0 Å². The SMILES string of the molecule is CCC(NC(C)c1ccc(C)o1)c1cc(Br)ccc1O. The van der Waals surface area contributed by atoms with Crippen LogP contribution in [0.5, 0.6) is 5.75 Å². The summed E-state index contributed by atoms with van der Waals surface area (Å²) in [6, 6.07) is 9.62. The van der Waals surface area contributed by atoms with E-state index in [1.54, 1.807) is 6.07 Å². The van der Waals surface area contributed by atoms with Gasteiger partial charge in [0, 0.05) is 16.1 Å². The van der Waals surface area contributed by atoms with Crippen molar-refractivity contribution >= 4 is 15.9 Å². The molecule has 108 valence electrons. The number of phenols is 1. The molecule has 0 amide bonds. The summed E-state index contributed by atoms with van der Waals surface area (Å²) >= 11 is 3.45. The van der Waals surface area contributed by atoms with E-state index in [1.165, 1.54) is 0 Å². The first-order valence-electron chi connectivity index (χ1n) is 6.82. The normalized spacial score (nSPS) is 14.2. The molecular weight excluding hydrogens is 318 g/mol. The molecule has 2 atom stereocenters. The van der Waals surface area contributed by atoms with E-state index in [0.29, 0.717) is 5.75 Å². The molecular formula is C16H20BrNO2. The van der Waals surface area contributed by atoms with Crippen LogP contribution in [0.3, 0.4) is 0 Å². The summed E-state index contributed by atoms with van der Waals surface area (Å²) in [6.45, 7) is 6.10. The molecule has 2 N–H and O–H groups in total. The number of nitrogens with one attached hydrogen (secondary N) is 1. The van der Waals surface area contributed by atoms with E-state index in [9.17, 15) is 5.11 Å². The van der Waals surface area contributed by atoms with Crippen molar-refractivity contribution in [3.63, 3.8) is 0 Å². The molecule has 2 aromatic rings. The van der Waals surface area contributed by atoms with Crippen molar-refractivity contribution in [2.24, 2.45) is 0 Å². The first-order valence-corrected chi connectivity index (χ1v) is 7.61. The van der Waals surface area contributed by atoms with E-state index in [-0.39, 0.29) is 12.1 Å². The fourth-order valence-corrected chi connectivity index (χ4v) is 2.68. The number of aryl methyl sites for hydroxylation is 1. The smallest absolute Gasteiger partial charge is 0.120 e. The monoisotopic (exact) mass is 337 g/mol. The van der Waals surface area contributed by atoms with Crippen LogP contribution >= 0.6 is 15.9 Å². The standard InChI is InChI=1S/C16H20BrNO2/c1-4-14(13-9-12(17)6-7-15(13)19)18-11(3)16-8-5-10(2)20-16/h5-9,11,14,18-19H,4H2,1-3H3. The van der Waals surface area contributed by atoms with Gasteiger partial charge in [0.05, 0.1) is 6.04 Å². The summed E-state index contributed by atoms with van der Waals surface area (Å²) in [5.41, 5.74) is 0.900. The first-order chi connectivity index (χ1) is 9.51. The molecule has 0 aliphatic rings. The summed E-state index contributed by atoms with van der Waals surface area (Å²) < 4.78 is 6.61. The molecule has 0 radical (unpaired) electrons. The van der Waals surface area contributed by atoms with Gasteiger partial charge in [0.15, 0.2) is 0 Å².